The number of benzene rings is 2. The first kappa shape index (κ1) is 19.5. The SMILES string of the molecule is Cc1ccc(C)c(NC(=O)c2cccc(S(=O)(=O)N3CCN(C)CC3)c2)c1. The summed E-state index contributed by atoms with van der Waals surface area (Å²) in [6.45, 7) is 6.19. The highest BCUT2D eigenvalue weighted by Crippen LogP contribution is 2.21. The first-order valence-electron chi connectivity index (χ1n) is 8.95. The maximum absolute atomic E-state index is 12.9. The molecule has 0 aromatic heterocycles. The smallest absolute Gasteiger partial charge is 0.255 e. The fourth-order valence-electron chi connectivity index (χ4n) is 3.04. The van der Waals surface area contributed by atoms with Crippen LogP contribution in [-0.4, -0.2) is 56.8 Å². The molecule has 6 nitrogen and oxygen atoms in total. The van der Waals surface area contributed by atoms with Gasteiger partial charge in [-0.05, 0) is 56.3 Å². The van der Waals surface area contributed by atoms with Gasteiger partial charge in [-0.2, -0.15) is 4.31 Å². The van der Waals surface area contributed by atoms with Crippen molar-refractivity contribution in [1.82, 2.24) is 9.21 Å². The van der Waals surface area contributed by atoms with Crippen molar-refractivity contribution >= 4 is 21.6 Å². The normalized spacial score (nSPS) is 16.3. The van der Waals surface area contributed by atoms with Crippen LogP contribution in [0, 0.1) is 13.8 Å². The van der Waals surface area contributed by atoms with Gasteiger partial charge in [0.1, 0.15) is 0 Å². The third kappa shape index (κ3) is 4.37. The van der Waals surface area contributed by atoms with Crippen molar-refractivity contribution in [2.45, 2.75) is 18.7 Å². The molecule has 27 heavy (non-hydrogen) atoms. The summed E-state index contributed by atoms with van der Waals surface area (Å²) in [6.07, 6.45) is 0. The molecule has 144 valence electrons. The molecular formula is C20H25N3O3S. The molecule has 1 N–H and O–H groups in total. The predicted molar refractivity (Wildman–Crippen MR) is 107 cm³/mol. The number of rotatable bonds is 4. The molecule has 2 aromatic rings. The zero-order chi connectivity index (χ0) is 19.6. The molecule has 0 saturated carbocycles. The van der Waals surface area contributed by atoms with Gasteiger partial charge in [-0.1, -0.05) is 18.2 Å². The van der Waals surface area contributed by atoms with Crippen LogP contribution in [0.3, 0.4) is 0 Å². The summed E-state index contributed by atoms with van der Waals surface area (Å²) in [5, 5.41) is 2.88. The topological polar surface area (TPSA) is 69.7 Å². The Balaban J connectivity index is 1.82. The predicted octanol–water partition coefficient (Wildman–Crippen LogP) is 2.49. The number of sulfonamides is 1. The van der Waals surface area contributed by atoms with Crippen molar-refractivity contribution in [2.24, 2.45) is 0 Å². The standard InChI is InChI=1S/C20H25N3O3S/c1-15-7-8-16(2)19(13-15)21-20(24)17-5-4-6-18(14-17)27(25,26)23-11-9-22(3)10-12-23/h4-8,13-14H,9-12H2,1-3H3,(H,21,24). The quantitative estimate of drug-likeness (QED) is 0.875. The molecule has 1 fully saturated rings. The van der Waals surface area contributed by atoms with Gasteiger partial charge < -0.3 is 10.2 Å². The molecular weight excluding hydrogens is 362 g/mol. The van der Waals surface area contributed by atoms with Crippen molar-refractivity contribution in [3.8, 4) is 0 Å². The molecule has 0 atom stereocenters. The minimum Gasteiger partial charge on any atom is -0.322 e. The molecule has 2 aromatic carbocycles. The van der Waals surface area contributed by atoms with E-state index in [1.807, 2.05) is 39.1 Å². The Kier molecular flexibility index (Phi) is 5.64. The average Bonchev–Trinajstić information content (AvgIpc) is 2.65. The Hall–Kier alpha value is -2.22. The van der Waals surface area contributed by atoms with E-state index < -0.39 is 10.0 Å². The molecule has 1 amide bonds. The highest BCUT2D eigenvalue weighted by atomic mass is 32.2. The van der Waals surface area contributed by atoms with Crippen molar-refractivity contribution in [2.75, 3.05) is 38.5 Å². The number of nitrogens with one attached hydrogen (secondary N) is 1. The maximum atomic E-state index is 12.9. The number of hydrogen-bond acceptors (Lipinski definition) is 4. The van der Waals surface area contributed by atoms with E-state index in [1.54, 1.807) is 18.2 Å². The van der Waals surface area contributed by atoms with Gasteiger partial charge >= 0.3 is 0 Å². The summed E-state index contributed by atoms with van der Waals surface area (Å²) in [5.41, 5.74) is 3.05. The molecule has 0 aliphatic carbocycles. The van der Waals surface area contributed by atoms with Gasteiger partial charge in [0.25, 0.3) is 5.91 Å². The van der Waals surface area contributed by atoms with E-state index in [0.717, 1.165) is 16.8 Å². The molecule has 0 bridgehead atoms. The Morgan fingerprint density at radius 2 is 1.70 bits per heavy atom. The van der Waals surface area contributed by atoms with E-state index in [-0.39, 0.29) is 10.8 Å². The van der Waals surface area contributed by atoms with E-state index in [9.17, 15) is 13.2 Å². The van der Waals surface area contributed by atoms with Crippen LogP contribution in [0.4, 0.5) is 5.69 Å². The molecule has 3 rings (SSSR count). The van der Waals surface area contributed by atoms with E-state index in [2.05, 4.69) is 10.2 Å². The van der Waals surface area contributed by atoms with Crippen LogP contribution < -0.4 is 5.32 Å². The number of aryl methyl sites for hydroxylation is 2. The number of amides is 1. The monoisotopic (exact) mass is 387 g/mol. The Bertz CT molecular complexity index is 949. The van der Waals surface area contributed by atoms with Crippen LogP contribution in [0.1, 0.15) is 21.5 Å². The number of carbonyl (C=O) groups is 1. The zero-order valence-corrected chi connectivity index (χ0v) is 16.7. The number of nitrogens with zero attached hydrogens (tertiary/aromatic N) is 2. The van der Waals surface area contributed by atoms with Crippen LogP contribution in [0.15, 0.2) is 47.4 Å². The van der Waals surface area contributed by atoms with Crippen LogP contribution in [-0.2, 0) is 10.0 Å². The Morgan fingerprint density at radius 3 is 2.41 bits per heavy atom. The van der Waals surface area contributed by atoms with Gasteiger partial charge in [-0.15, -0.1) is 0 Å². The van der Waals surface area contributed by atoms with Crippen molar-refractivity contribution in [3.63, 3.8) is 0 Å². The lowest BCUT2D eigenvalue weighted by Crippen LogP contribution is -2.47. The van der Waals surface area contributed by atoms with Crippen LogP contribution in [0.5, 0.6) is 0 Å². The molecule has 1 aliphatic heterocycles. The summed E-state index contributed by atoms with van der Waals surface area (Å²) in [5.74, 6) is -0.320. The summed E-state index contributed by atoms with van der Waals surface area (Å²) in [6, 6.07) is 12.1. The number of piperazine rings is 1. The summed E-state index contributed by atoms with van der Waals surface area (Å²) >= 11 is 0. The third-order valence-corrected chi connectivity index (χ3v) is 6.73. The van der Waals surface area contributed by atoms with Crippen molar-refractivity contribution < 1.29 is 13.2 Å². The largest absolute Gasteiger partial charge is 0.322 e. The Labute approximate surface area is 160 Å². The number of anilines is 1. The maximum Gasteiger partial charge on any atom is 0.255 e. The number of carbonyl (C=O) groups excluding carboxylic acids is 1. The fraction of sp³-hybridized carbons (Fsp3) is 0.350. The molecule has 7 heteroatoms. The molecule has 0 radical (unpaired) electrons. The highest BCUT2D eigenvalue weighted by molar-refractivity contribution is 7.89. The lowest BCUT2D eigenvalue weighted by atomic mass is 10.1. The van der Waals surface area contributed by atoms with Crippen molar-refractivity contribution in [1.29, 1.82) is 0 Å². The second-order valence-electron chi connectivity index (χ2n) is 7.01. The van der Waals surface area contributed by atoms with E-state index in [4.69, 9.17) is 0 Å². The first-order valence-corrected chi connectivity index (χ1v) is 10.4. The minimum atomic E-state index is -3.60. The lowest BCUT2D eigenvalue weighted by Gasteiger charge is -2.31. The van der Waals surface area contributed by atoms with E-state index >= 15 is 0 Å². The molecule has 1 heterocycles. The van der Waals surface area contributed by atoms with Gasteiger partial charge in [0.2, 0.25) is 10.0 Å². The summed E-state index contributed by atoms with van der Waals surface area (Å²) in [7, 11) is -1.63. The van der Waals surface area contributed by atoms with Crippen LogP contribution >= 0.6 is 0 Å². The third-order valence-electron chi connectivity index (χ3n) is 4.84. The second-order valence-corrected chi connectivity index (χ2v) is 8.95. The minimum absolute atomic E-state index is 0.153. The van der Waals surface area contributed by atoms with E-state index in [0.29, 0.717) is 31.7 Å². The van der Waals surface area contributed by atoms with Gasteiger partial charge in [-0.3, -0.25) is 4.79 Å². The molecule has 1 aliphatic rings. The summed E-state index contributed by atoms with van der Waals surface area (Å²) in [4.78, 5) is 14.9. The lowest BCUT2D eigenvalue weighted by molar-refractivity contribution is 0.102. The van der Waals surface area contributed by atoms with Gasteiger partial charge in [0, 0.05) is 37.4 Å². The number of likely N-dealkylation sites (N-methyl/N-ethyl adjacent to an activating group) is 1. The molecule has 0 spiro atoms. The fourth-order valence-corrected chi connectivity index (χ4v) is 4.51. The average molecular weight is 388 g/mol. The van der Waals surface area contributed by atoms with Gasteiger partial charge in [0.05, 0.1) is 4.90 Å². The summed E-state index contributed by atoms with van der Waals surface area (Å²) < 4.78 is 27.3. The van der Waals surface area contributed by atoms with Gasteiger partial charge in [-0.25, -0.2) is 8.42 Å². The van der Waals surface area contributed by atoms with Gasteiger partial charge in [0.15, 0.2) is 0 Å². The van der Waals surface area contributed by atoms with Crippen LogP contribution in [0.2, 0.25) is 0 Å². The Morgan fingerprint density at radius 1 is 1.00 bits per heavy atom. The molecule has 1 saturated heterocycles. The number of hydrogen-bond donors (Lipinski definition) is 1. The first-order chi connectivity index (χ1) is 12.8. The van der Waals surface area contributed by atoms with Crippen LogP contribution in [0.25, 0.3) is 0 Å². The van der Waals surface area contributed by atoms with E-state index in [1.165, 1.54) is 10.4 Å². The molecule has 0 unspecified atom stereocenters. The second kappa shape index (κ2) is 7.80. The van der Waals surface area contributed by atoms with Crippen molar-refractivity contribution in [3.05, 3.63) is 59.2 Å². The highest BCUT2D eigenvalue weighted by Gasteiger charge is 2.28. The zero-order valence-electron chi connectivity index (χ0n) is 15.9.